The largest absolute Gasteiger partial charge is 0.457 e. The van der Waals surface area contributed by atoms with Crippen LogP contribution in [0.2, 0.25) is 20.1 Å². The summed E-state index contributed by atoms with van der Waals surface area (Å²) < 4.78 is 5.81. The third kappa shape index (κ3) is 4.65. The van der Waals surface area contributed by atoms with Crippen LogP contribution in [0.15, 0.2) is 62.8 Å². The second-order valence-corrected chi connectivity index (χ2v) is 8.60. The molecule has 0 spiro atoms. The number of hydrogen-bond acceptors (Lipinski definition) is 4. The van der Waals surface area contributed by atoms with Gasteiger partial charge in [-0.3, -0.25) is 4.79 Å². The molecule has 9 heteroatoms. The lowest BCUT2D eigenvalue weighted by Gasteiger charge is -2.01. The molecule has 0 aliphatic carbocycles. The van der Waals surface area contributed by atoms with Crippen molar-refractivity contribution in [3.05, 3.63) is 79.3 Å². The molecule has 29 heavy (non-hydrogen) atoms. The lowest BCUT2D eigenvalue weighted by Crippen LogP contribution is -2.19. The van der Waals surface area contributed by atoms with Crippen LogP contribution in [0, 0.1) is 0 Å². The van der Waals surface area contributed by atoms with Gasteiger partial charge in [0.1, 0.15) is 11.5 Å². The first-order chi connectivity index (χ1) is 13.9. The minimum absolute atomic E-state index is 0.271. The Morgan fingerprint density at radius 3 is 2.52 bits per heavy atom. The van der Waals surface area contributed by atoms with Gasteiger partial charge in [-0.2, -0.15) is 0 Å². The van der Waals surface area contributed by atoms with Crippen LogP contribution >= 0.6 is 58.2 Å². The number of carbonyl (C=O) groups excluding carboxylic acids is 1. The summed E-state index contributed by atoms with van der Waals surface area (Å²) in [5.74, 6) is 0.787. The smallest absolute Gasteiger partial charge is 0.264 e. The van der Waals surface area contributed by atoms with Crippen LogP contribution in [0.5, 0.6) is 0 Å². The molecule has 0 saturated carbocycles. The van der Waals surface area contributed by atoms with Crippen LogP contribution in [0.1, 0.15) is 5.76 Å². The summed E-state index contributed by atoms with van der Waals surface area (Å²) in [6.07, 6.45) is 1.64. The van der Waals surface area contributed by atoms with Crippen LogP contribution in [0.3, 0.4) is 0 Å². The van der Waals surface area contributed by atoms with Gasteiger partial charge in [0, 0.05) is 16.7 Å². The van der Waals surface area contributed by atoms with E-state index in [2.05, 4.69) is 10.3 Å². The molecule has 3 aromatic rings. The maximum atomic E-state index is 12.3. The van der Waals surface area contributed by atoms with Gasteiger partial charge in [-0.15, -0.1) is 0 Å². The van der Waals surface area contributed by atoms with Crippen LogP contribution in [-0.4, -0.2) is 11.1 Å². The zero-order valence-electron chi connectivity index (χ0n) is 14.4. The quantitative estimate of drug-likeness (QED) is 0.393. The Morgan fingerprint density at radius 1 is 0.931 bits per heavy atom. The normalized spacial score (nSPS) is 16.6. The van der Waals surface area contributed by atoms with Gasteiger partial charge in [-0.1, -0.05) is 46.4 Å². The van der Waals surface area contributed by atoms with Crippen molar-refractivity contribution >= 4 is 81.0 Å². The molecule has 2 heterocycles. The number of thioether (sulfide) groups is 1. The van der Waals surface area contributed by atoms with Gasteiger partial charge in [0.15, 0.2) is 5.17 Å². The zero-order valence-corrected chi connectivity index (χ0v) is 18.2. The van der Waals surface area contributed by atoms with Gasteiger partial charge in [0.25, 0.3) is 5.91 Å². The molecule has 1 aliphatic rings. The summed E-state index contributed by atoms with van der Waals surface area (Å²) in [7, 11) is 0. The Labute approximate surface area is 190 Å². The first kappa shape index (κ1) is 20.4. The molecule has 0 unspecified atom stereocenters. The number of hydrogen-bond donors (Lipinski definition) is 1. The van der Waals surface area contributed by atoms with Crippen molar-refractivity contribution in [2.75, 3.05) is 0 Å². The van der Waals surface area contributed by atoms with Gasteiger partial charge in [-0.05, 0) is 60.3 Å². The van der Waals surface area contributed by atoms with E-state index < -0.39 is 0 Å². The Kier molecular flexibility index (Phi) is 5.95. The van der Waals surface area contributed by atoms with Gasteiger partial charge >= 0.3 is 0 Å². The minimum atomic E-state index is -0.271. The molecule has 4 rings (SSSR count). The summed E-state index contributed by atoms with van der Waals surface area (Å²) >= 11 is 25.4. The van der Waals surface area contributed by atoms with Crippen molar-refractivity contribution in [3.63, 3.8) is 0 Å². The molecule has 1 fully saturated rings. The fourth-order valence-electron chi connectivity index (χ4n) is 2.54. The molecule has 146 valence electrons. The van der Waals surface area contributed by atoms with E-state index in [0.29, 0.717) is 52.9 Å². The third-order valence-electron chi connectivity index (χ3n) is 3.88. The maximum absolute atomic E-state index is 12.3. The molecular weight excluding hydrogens is 474 g/mol. The molecule has 1 N–H and O–H groups in total. The lowest BCUT2D eigenvalue weighted by molar-refractivity contribution is -0.115. The topological polar surface area (TPSA) is 54.6 Å². The van der Waals surface area contributed by atoms with Gasteiger partial charge < -0.3 is 9.73 Å². The summed E-state index contributed by atoms with van der Waals surface area (Å²) in [6, 6.07) is 13.6. The number of rotatable bonds is 3. The first-order valence-corrected chi connectivity index (χ1v) is 10.5. The Bertz CT molecular complexity index is 1190. The van der Waals surface area contributed by atoms with Crippen molar-refractivity contribution in [2.45, 2.75) is 0 Å². The standard InChI is InChI=1S/C20H10Cl4N2O2S/c21-10-1-4-14(22)13(7-10)17-6-3-12(28-17)9-18-19(27)26-20(29-18)25-11-2-5-15(23)16(24)8-11/h1-9H,(H,25,26,27)/b18-9+. The highest BCUT2D eigenvalue weighted by Gasteiger charge is 2.24. The molecule has 1 aliphatic heterocycles. The van der Waals surface area contributed by atoms with Crippen LogP contribution in [-0.2, 0) is 4.79 Å². The van der Waals surface area contributed by atoms with Crippen LogP contribution < -0.4 is 5.32 Å². The SMILES string of the molecule is O=C1NC(=Nc2ccc(Cl)c(Cl)c2)S/C1=C/c1ccc(-c2cc(Cl)ccc2Cl)o1. The molecule has 0 atom stereocenters. The third-order valence-corrected chi connectivity index (χ3v) is 6.09. The maximum Gasteiger partial charge on any atom is 0.264 e. The summed E-state index contributed by atoms with van der Waals surface area (Å²) in [5.41, 5.74) is 1.26. The van der Waals surface area contributed by atoms with E-state index in [1.54, 1.807) is 54.6 Å². The Morgan fingerprint density at radius 2 is 1.72 bits per heavy atom. The minimum Gasteiger partial charge on any atom is -0.457 e. The number of amidine groups is 1. The highest BCUT2D eigenvalue weighted by Crippen LogP contribution is 2.34. The van der Waals surface area contributed by atoms with E-state index in [4.69, 9.17) is 50.8 Å². The number of benzene rings is 2. The van der Waals surface area contributed by atoms with Crippen molar-refractivity contribution in [1.29, 1.82) is 0 Å². The second kappa shape index (κ2) is 8.46. The number of aliphatic imine (C=N–C) groups is 1. The van der Waals surface area contributed by atoms with Crippen LogP contribution in [0.25, 0.3) is 17.4 Å². The molecule has 1 saturated heterocycles. The molecule has 1 aromatic heterocycles. The zero-order chi connectivity index (χ0) is 20.5. The fourth-order valence-corrected chi connectivity index (χ4v) is 4.04. The van der Waals surface area contributed by atoms with Crippen molar-refractivity contribution in [3.8, 4) is 11.3 Å². The van der Waals surface area contributed by atoms with E-state index in [1.807, 2.05) is 0 Å². The molecule has 1 amide bonds. The number of amides is 1. The molecule has 0 bridgehead atoms. The van der Waals surface area contributed by atoms with E-state index in [0.717, 1.165) is 0 Å². The first-order valence-electron chi connectivity index (χ1n) is 8.19. The molecule has 0 radical (unpaired) electrons. The summed E-state index contributed by atoms with van der Waals surface area (Å²) in [4.78, 5) is 17.1. The lowest BCUT2D eigenvalue weighted by atomic mass is 10.2. The Balaban J connectivity index is 1.57. The highest BCUT2D eigenvalue weighted by molar-refractivity contribution is 8.18. The predicted molar refractivity (Wildman–Crippen MR) is 121 cm³/mol. The van der Waals surface area contributed by atoms with Gasteiger partial charge in [-0.25, -0.2) is 4.99 Å². The number of carbonyl (C=O) groups is 1. The number of nitrogens with one attached hydrogen (secondary N) is 1. The van der Waals surface area contributed by atoms with Gasteiger partial charge in [0.2, 0.25) is 0 Å². The average molecular weight is 484 g/mol. The fraction of sp³-hybridized carbons (Fsp3) is 0. The van der Waals surface area contributed by atoms with Gasteiger partial charge in [0.05, 0.1) is 25.7 Å². The monoisotopic (exact) mass is 482 g/mol. The molecule has 4 nitrogen and oxygen atoms in total. The number of halogens is 4. The van der Waals surface area contributed by atoms with Crippen LogP contribution in [0.4, 0.5) is 5.69 Å². The average Bonchev–Trinajstić information content (AvgIpc) is 3.27. The summed E-state index contributed by atoms with van der Waals surface area (Å²) in [5, 5.41) is 5.04. The van der Waals surface area contributed by atoms with Crippen molar-refractivity contribution in [1.82, 2.24) is 5.32 Å². The van der Waals surface area contributed by atoms with Crippen molar-refractivity contribution < 1.29 is 9.21 Å². The molecular formula is C20H10Cl4N2O2S. The number of nitrogens with zero attached hydrogens (tertiary/aromatic N) is 1. The second-order valence-electron chi connectivity index (χ2n) is 5.91. The van der Waals surface area contributed by atoms with E-state index in [1.165, 1.54) is 11.8 Å². The van der Waals surface area contributed by atoms with Crippen molar-refractivity contribution in [2.24, 2.45) is 4.99 Å². The predicted octanol–water partition coefficient (Wildman–Crippen LogP) is 7.45. The summed E-state index contributed by atoms with van der Waals surface area (Å²) in [6.45, 7) is 0. The van der Waals surface area contributed by atoms with E-state index in [-0.39, 0.29) is 5.91 Å². The number of furan rings is 1. The van der Waals surface area contributed by atoms with E-state index in [9.17, 15) is 4.79 Å². The molecule has 2 aromatic carbocycles. The Hall–Kier alpha value is -1.89. The van der Waals surface area contributed by atoms with E-state index >= 15 is 0 Å². The highest BCUT2D eigenvalue weighted by atomic mass is 35.5.